The van der Waals surface area contributed by atoms with Crippen LogP contribution in [0.2, 0.25) is 0 Å². The number of carbonyl (C=O) groups is 1. The fourth-order valence-electron chi connectivity index (χ4n) is 3.50. The average Bonchev–Trinajstić information content (AvgIpc) is 3.27. The monoisotopic (exact) mass is 456 g/mol. The van der Waals surface area contributed by atoms with Gasteiger partial charge in [-0.15, -0.1) is 11.3 Å². The van der Waals surface area contributed by atoms with Crippen LogP contribution in [-0.2, 0) is 16.6 Å². The summed E-state index contributed by atoms with van der Waals surface area (Å²) in [4.78, 5) is 21.4. The van der Waals surface area contributed by atoms with Crippen molar-refractivity contribution in [3.63, 3.8) is 0 Å². The molecule has 162 valence electrons. The van der Waals surface area contributed by atoms with Crippen molar-refractivity contribution in [3.05, 3.63) is 76.2 Å². The molecule has 1 aliphatic rings. The lowest BCUT2D eigenvalue weighted by Crippen LogP contribution is -2.48. The van der Waals surface area contributed by atoms with Gasteiger partial charge in [0, 0.05) is 50.8 Å². The predicted octanol–water partition coefficient (Wildman–Crippen LogP) is 3.21. The van der Waals surface area contributed by atoms with Gasteiger partial charge < -0.3 is 4.90 Å². The Morgan fingerprint density at radius 1 is 1.03 bits per heavy atom. The SMILES string of the molecule is Cc1ccc(NS(=O)(=O)c2ccsc2C(=O)N2CCN(Cc3ccncc3)CC2)cc1. The minimum Gasteiger partial charge on any atom is -0.335 e. The maximum atomic E-state index is 13.1. The molecule has 1 aromatic carbocycles. The molecule has 0 spiro atoms. The highest BCUT2D eigenvalue weighted by Gasteiger charge is 2.29. The van der Waals surface area contributed by atoms with E-state index in [1.807, 2.05) is 31.2 Å². The van der Waals surface area contributed by atoms with E-state index in [2.05, 4.69) is 14.6 Å². The van der Waals surface area contributed by atoms with Gasteiger partial charge in [0.05, 0.1) is 0 Å². The number of aryl methyl sites for hydroxylation is 1. The molecule has 31 heavy (non-hydrogen) atoms. The van der Waals surface area contributed by atoms with Gasteiger partial charge in [-0.1, -0.05) is 17.7 Å². The lowest BCUT2D eigenvalue weighted by Gasteiger charge is -2.34. The number of nitrogens with zero attached hydrogens (tertiary/aromatic N) is 3. The lowest BCUT2D eigenvalue weighted by molar-refractivity contribution is 0.0630. The van der Waals surface area contributed by atoms with Crippen LogP contribution in [0.4, 0.5) is 5.69 Å². The van der Waals surface area contributed by atoms with Gasteiger partial charge in [0.15, 0.2) is 0 Å². The molecule has 3 aromatic rings. The van der Waals surface area contributed by atoms with E-state index in [1.54, 1.807) is 34.8 Å². The highest BCUT2D eigenvalue weighted by Crippen LogP contribution is 2.26. The van der Waals surface area contributed by atoms with Crippen LogP contribution >= 0.6 is 11.3 Å². The molecule has 1 amide bonds. The number of rotatable bonds is 6. The van der Waals surface area contributed by atoms with E-state index in [1.165, 1.54) is 11.6 Å². The minimum absolute atomic E-state index is 0.0299. The molecule has 1 fully saturated rings. The third kappa shape index (κ3) is 5.12. The van der Waals surface area contributed by atoms with Gasteiger partial charge in [0.1, 0.15) is 9.77 Å². The minimum atomic E-state index is -3.85. The van der Waals surface area contributed by atoms with Gasteiger partial charge in [-0.25, -0.2) is 8.42 Å². The van der Waals surface area contributed by atoms with Crippen molar-refractivity contribution in [2.24, 2.45) is 0 Å². The molecule has 0 radical (unpaired) electrons. The molecule has 0 aliphatic carbocycles. The number of benzene rings is 1. The van der Waals surface area contributed by atoms with E-state index in [0.29, 0.717) is 18.8 Å². The number of pyridine rings is 1. The second kappa shape index (κ2) is 9.17. The normalized spacial score (nSPS) is 15.1. The average molecular weight is 457 g/mol. The Labute approximate surface area is 186 Å². The van der Waals surface area contributed by atoms with Gasteiger partial charge in [-0.3, -0.25) is 19.4 Å². The number of hydrogen-bond acceptors (Lipinski definition) is 6. The largest absolute Gasteiger partial charge is 0.335 e. The first-order valence-electron chi connectivity index (χ1n) is 10.00. The van der Waals surface area contributed by atoms with Crippen molar-refractivity contribution in [1.82, 2.24) is 14.8 Å². The number of carbonyl (C=O) groups excluding carboxylic acids is 1. The molecule has 0 atom stereocenters. The zero-order valence-corrected chi connectivity index (χ0v) is 18.8. The number of aromatic nitrogens is 1. The van der Waals surface area contributed by atoms with Crippen LogP contribution in [0, 0.1) is 6.92 Å². The molecule has 4 rings (SSSR count). The van der Waals surface area contributed by atoms with Crippen molar-refractivity contribution in [3.8, 4) is 0 Å². The Balaban J connectivity index is 1.42. The summed E-state index contributed by atoms with van der Waals surface area (Å²) >= 11 is 1.16. The van der Waals surface area contributed by atoms with E-state index in [0.717, 1.165) is 36.5 Å². The molecule has 2 aromatic heterocycles. The summed E-state index contributed by atoms with van der Waals surface area (Å²) in [6.45, 7) is 5.35. The second-order valence-electron chi connectivity index (χ2n) is 7.51. The first-order chi connectivity index (χ1) is 14.9. The topological polar surface area (TPSA) is 82.6 Å². The molecule has 0 saturated carbocycles. The summed E-state index contributed by atoms with van der Waals surface area (Å²) < 4.78 is 28.4. The van der Waals surface area contributed by atoms with Crippen molar-refractivity contribution >= 4 is 33.0 Å². The summed E-state index contributed by atoms with van der Waals surface area (Å²) in [5, 5.41) is 1.65. The third-order valence-corrected chi connectivity index (χ3v) is 7.69. The fraction of sp³-hybridized carbons (Fsp3) is 0.273. The van der Waals surface area contributed by atoms with E-state index < -0.39 is 10.0 Å². The molecule has 9 heteroatoms. The number of thiophene rings is 1. The van der Waals surface area contributed by atoms with Crippen LogP contribution in [0.15, 0.2) is 65.1 Å². The van der Waals surface area contributed by atoms with Crippen molar-refractivity contribution < 1.29 is 13.2 Å². The molecule has 1 aliphatic heterocycles. The van der Waals surface area contributed by atoms with Crippen LogP contribution in [0.5, 0.6) is 0 Å². The number of piperazine rings is 1. The van der Waals surface area contributed by atoms with Gasteiger partial charge in [-0.2, -0.15) is 0 Å². The summed E-state index contributed by atoms with van der Waals surface area (Å²) in [5.41, 5.74) is 2.70. The summed E-state index contributed by atoms with van der Waals surface area (Å²) in [6, 6.07) is 12.6. The zero-order valence-electron chi connectivity index (χ0n) is 17.2. The quantitative estimate of drug-likeness (QED) is 0.616. The van der Waals surface area contributed by atoms with E-state index >= 15 is 0 Å². The smallest absolute Gasteiger partial charge is 0.265 e. The summed E-state index contributed by atoms with van der Waals surface area (Å²) in [6.07, 6.45) is 3.55. The van der Waals surface area contributed by atoms with Crippen LogP contribution in [-0.4, -0.2) is 55.3 Å². The van der Waals surface area contributed by atoms with Crippen LogP contribution in [0.1, 0.15) is 20.8 Å². The number of anilines is 1. The second-order valence-corrected chi connectivity index (χ2v) is 10.1. The number of nitrogens with one attached hydrogen (secondary N) is 1. The molecule has 3 heterocycles. The molecule has 7 nitrogen and oxygen atoms in total. The maximum Gasteiger partial charge on any atom is 0.265 e. The molecular formula is C22H24N4O3S2. The summed E-state index contributed by atoms with van der Waals surface area (Å²) in [7, 11) is -3.85. The molecule has 1 saturated heterocycles. The Morgan fingerprint density at radius 2 is 1.71 bits per heavy atom. The number of sulfonamides is 1. The number of amides is 1. The van der Waals surface area contributed by atoms with Crippen molar-refractivity contribution in [2.45, 2.75) is 18.4 Å². The lowest BCUT2D eigenvalue weighted by atomic mass is 10.2. The van der Waals surface area contributed by atoms with Gasteiger partial charge >= 0.3 is 0 Å². The van der Waals surface area contributed by atoms with Gasteiger partial charge in [0.2, 0.25) is 0 Å². The first-order valence-corrected chi connectivity index (χ1v) is 12.4. The molecular weight excluding hydrogens is 432 g/mol. The maximum absolute atomic E-state index is 13.1. The van der Waals surface area contributed by atoms with E-state index in [4.69, 9.17) is 0 Å². The van der Waals surface area contributed by atoms with Gasteiger partial charge in [-0.05, 0) is 48.2 Å². The van der Waals surface area contributed by atoms with Crippen molar-refractivity contribution in [1.29, 1.82) is 0 Å². The third-order valence-electron chi connectivity index (χ3n) is 5.23. The van der Waals surface area contributed by atoms with E-state index in [9.17, 15) is 13.2 Å². The van der Waals surface area contributed by atoms with E-state index in [-0.39, 0.29) is 15.7 Å². The highest BCUT2D eigenvalue weighted by molar-refractivity contribution is 7.93. The Bertz CT molecular complexity index is 1140. The van der Waals surface area contributed by atoms with Crippen LogP contribution in [0.3, 0.4) is 0 Å². The van der Waals surface area contributed by atoms with Crippen LogP contribution in [0.25, 0.3) is 0 Å². The zero-order chi connectivity index (χ0) is 21.8. The molecule has 0 unspecified atom stereocenters. The van der Waals surface area contributed by atoms with Crippen molar-refractivity contribution in [2.75, 3.05) is 30.9 Å². The molecule has 0 bridgehead atoms. The van der Waals surface area contributed by atoms with Gasteiger partial charge in [0.25, 0.3) is 15.9 Å². The standard InChI is InChI=1S/C22H24N4O3S2/c1-17-2-4-19(5-3-17)24-31(28,29)20-8-15-30-21(20)22(27)26-13-11-25(12-14-26)16-18-6-9-23-10-7-18/h2-10,15,24H,11-14,16H2,1H3. The highest BCUT2D eigenvalue weighted by atomic mass is 32.2. The summed E-state index contributed by atoms with van der Waals surface area (Å²) in [5.74, 6) is -0.233. The fourth-order valence-corrected chi connectivity index (χ4v) is 5.94. The Kier molecular flexibility index (Phi) is 6.35. The Morgan fingerprint density at radius 3 is 2.39 bits per heavy atom. The first kappa shape index (κ1) is 21.5. The van der Waals surface area contributed by atoms with Crippen LogP contribution < -0.4 is 4.72 Å². The molecule has 1 N–H and O–H groups in total. The predicted molar refractivity (Wildman–Crippen MR) is 122 cm³/mol. The number of hydrogen-bond donors (Lipinski definition) is 1. The Hall–Kier alpha value is -2.75.